The molecule has 1 heterocycles. The first-order valence-corrected chi connectivity index (χ1v) is 9.15. The van der Waals surface area contributed by atoms with Gasteiger partial charge in [-0.15, -0.1) is 0 Å². The smallest absolute Gasteiger partial charge is 0.334 e. The van der Waals surface area contributed by atoms with Gasteiger partial charge in [0, 0.05) is 11.0 Å². The Hall–Kier alpha value is -1.13. The highest BCUT2D eigenvalue weighted by Crippen LogP contribution is 2.61. The van der Waals surface area contributed by atoms with Gasteiger partial charge in [0.25, 0.3) is 0 Å². The van der Waals surface area contributed by atoms with Crippen molar-refractivity contribution in [2.75, 3.05) is 13.2 Å². The number of cyclic esters (lactones) is 1. The van der Waals surface area contributed by atoms with Gasteiger partial charge in [0.1, 0.15) is 6.61 Å². The Labute approximate surface area is 144 Å². The first-order chi connectivity index (χ1) is 11.3. The zero-order valence-electron chi connectivity index (χ0n) is 14.9. The lowest BCUT2D eigenvalue weighted by Crippen LogP contribution is -2.57. The van der Waals surface area contributed by atoms with E-state index >= 15 is 0 Å². The van der Waals surface area contributed by atoms with Crippen molar-refractivity contribution in [2.24, 2.45) is 22.7 Å². The fourth-order valence-corrected chi connectivity index (χ4v) is 5.63. The van der Waals surface area contributed by atoms with Crippen LogP contribution < -0.4 is 0 Å². The van der Waals surface area contributed by atoms with Gasteiger partial charge in [-0.3, -0.25) is 0 Å². The second-order valence-corrected chi connectivity index (χ2v) is 8.39. The molecule has 1 unspecified atom stereocenters. The molecule has 24 heavy (non-hydrogen) atoms. The molecular weight excluding hydrogens is 304 g/mol. The third-order valence-electron chi connectivity index (χ3n) is 7.20. The van der Waals surface area contributed by atoms with Crippen LogP contribution in [0.15, 0.2) is 23.8 Å². The molecule has 0 bridgehead atoms. The second-order valence-electron chi connectivity index (χ2n) is 8.39. The monoisotopic (exact) mass is 334 g/mol. The van der Waals surface area contributed by atoms with Crippen LogP contribution in [0.5, 0.6) is 0 Å². The van der Waals surface area contributed by atoms with Crippen LogP contribution in [0.25, 0.3) is 0 Å². The summed E-state index contributed by atoms with van der Waals surface area (Å²) in [6.07, 6.45) is 6.64. The highest BCUT2D eigenvalue weighted by atomic mass is 16.5. The molecule has 2 N–H and O–H groups in total. The summed E-state index contributed by atoms with van der Waals surface area (Å²) in [4.78, 5) is 11.7. The molecule has 3 aliphatic rings. The molecule has 134 valence electrons. The molecule has 4 heteroatoms. The number of aliphatic hydroxyl groups is 2. The Morgan fingerprint density at radius 2 is 2.12 bits per heavy atom. The van der Waals surface area contributed by atoms with E-state index in [0.717, 1.165) is 44.1 Å². The molecule has 0 radical (unpaired) electrons. The summed E-state index contributed by atoms with van der Waals surface area (Å²) in [7, 11) is 0. The molecule has 2 fully saturated rings. The van der Waals surface area contributed by atoms with Gasteiger partial charge in [-0.05, 0) is 61.9 Å². The third kappa shape index (κ3) is 2.64. The second kappa shape index (κ2) is 6.30. The van der Waals surface area contributed by atoms with Gasteiger partial charge in [0.15, 0.2) is 0 Å². The van der Waals surface area contributed by atoms with Crippen LogP contribution >= 0.6 is 0 Å². The number of ether oxygens (including phenoxy) is 1. The number of rotatable bonds is 4. The summed E-state index contributed by atoms with van der Waals surface area (Å²) in [5.41, 5.74) is 1.62. The summed E-state index contributed by atoms with van der Waals surface area (Å²) in [5, 5.41) is 20.5. The predicted octanol–water partition coefficient (Wildman–Crippen LogP) is 2.99. The summed E-state index contributed by atoms with van der Waals surface area (Å²) in [6, 6.07) is 0. The van der Waals surface area contributed by atoms with Crippen molar-refractivity contribution in [3.05, 3.63) is 23.8 Å². The average molecular weight is 334 g/mol. The molecule has 0 aromatic rings. The van der Waals surface area contributed by atoms with E-state index in [1.807, 2.05) is 13.0 Å². The predicted molar refractivity (Wildman–Crippen MR) is 92.2 cm³/mol. The highest BCUT2D eigenvalue weighted by Gasteiger charge is 2.57. The standard InChI is InChI=1S/C20H30O4/c1-13-4-7-16-19(2,10-8-17(22)20(16,3)12-21)15(13)6-5-14-9-11-24-18(14)23/h9,15-17,21-22H,1,4-8,10-12H2,2-3H3/t15-,16+,17?,19+,20+/m1/s1. The number of esters is 1. The molecule has 1 aliphatic heterocycles. The molecule has 0 aromatic heterocycles. The molecule has 0 saturated heterocycles. The Morgan fingerprint density at radius 1 is 1.38 bits per heavy atom. The number of carbonyl (C=O) groups is 1. The zero-order valence-corrected chi connectivity index (χ0v) is 14.9. The number of allylic oxidation sites excluding steroid dienone is 1. The lowest BCUT2D eigenvalue weighted by molar-refractivity contribution is -0.152. The van der Waals surface area contributed by atoms with E-state index in [4.69, 9.17) is 4.74 Å². The molecule has 2 aliphatic carbocycles. The molecule has 0 aromatic carbocycles. The minimum atomic E-state index is -0.447. The van der Waals surface area contributed by atoms with Crippen molar-refractivity contribution in [3.63, 3.8) is 0 Å². The van der Waals surface area contributed by atoms with Crippen molar-refractivity contribution >= 4 is 5.97 Å². The van der Waals surface area contributed by atoms with Crippen LogP contribution in [0.4, 0.5) is 0 Å². The number of carbonyl (C=O) groups excluding carboxylic acids is 1. The molecule has 0 spiro atoms. The minimum Gasteiger partial charge on any atom is -0.458 e. The molecule has 3 rings (SSSR count). The lowest BCUT2D eigenvalue weighted by atomic mass is 9.46. The average Bonchev–Trinajstić information content (AvgIpc) is 2.96. The van der Waals surface area contributed by atoms with Gasteiger partial charge in [-0.2, -0.15) is 0 Å². The molecule has 0 amide bonds. The van der Waals surface area contributed by atoms with Crippen molar-refractivity contribution in [3.8, 4) is 0 Å². The zero-order chi connectivity index (χ0) is 17.5. The third-order valence-corrected chi connectivity index (χ3v) is 7.20. The summed E-state index contributed by atoms with van der Waals surface area (Å²) in [6.45, 7) is 9.07. The number of hydrogen-bond acceptors (Lipinski definition) is 4. The van der Waals surface area contributed by atoms with Crippen LogP contribution in [-0.2, 0) is 9.53 Å². The molecule has 2 saturated carbocycles. The van der Waals surface area contributed by atoms with Crippen LogP contribution in [0, 0.1) is 22.7 Å². The fraction of sp³-hybridized carbons (Fsp3) is 0.750. The maximum Gasteiger partial charge on any atom is 0.334 e. The maximum atomic E-state index is 11.7. The van der Waals surface area contributed by atoms with Gasteiger partial charge in [-0.25, -0.2) is 4.79 Å². The van der Waals surface area contributed by atoms with Crippen LogP contribution in [0.1, 0.15) is 52.4 Å². The number of aliphatic hydroxyl groups excluding tert-OH is 2. The van der Waals surface area contributed by atoms with Crippen molar-refractivity contribution < 1.29 is 19.7 Å². The van der Waals surface area contributed by atoms with Crippen molar-refractivity contribution in [1.29, 1.82) is 0 Å². The topological polar surface area (TPSA) is 66.8 Å². The van der Waals surface area contributed by atoms with Gasteiger partial charge >= 0.3 is 5.97 Å². The highest BCUT2D eigenvalue weighted by molar-refractivity contribution is 5.90. The molecule has 4 nitrogen and oxygen atoms in total. The van der Waals surface area contributed by atoms with E-state index in [0.29, 0.717) is 12.5 Å². The summed E-state index contributed by atoms with van der Waals surface area (Å²) in [5.74, 6) is 0.417. The quantitative estimate of drug-likeness (QED) is 0.613. The van der Waals surface area contributed by atoms with E-state index < -0.39 is 11.5 Å². The Bertz CT molecular complexity index is 566. The van der Waals surface area contributed by atoms with Gasteiger partial charge in [-0.1, -0.05) is 26.0 Å². The Balaban J connectivity index is 1.83. The number of hydrogen-bond donors (Lipinski definition) is 2. The van der Waals surface area contributed by atoms with E-state index in [2.05, 4.69) is 13.5 Å². The lowest BCUT2D eigenvalue weighted by Gasteiger charge is -2.60. The van der Waals surface area contributed by atoms with E-state index in [1.54, 1.807) is 0 Å². The van der Waals surface area contributed by atoms with Crippen LogP contribution in [0.2, 0.25) is 0 Å². The summed E-state index contributed by atoms with van der Waals surface area (Å²) < 4.78 is 5.01. The molecular formula is C20H30O4. The SMILES string of the molecule is C=C1CC[C@H]2[C@@](C)(CCC(O)[C@@]2(C)CO)[C@@H]1CCC1=CCOC1=O. The Morgan fingerprint density at radius 3 is 2.75 bits per heavy atom. The van der Waals surface area contributed by atoms with E-state index in [1.165, 1.54) is 5.57 Å². The van der Waals surface area contributed by atoms with Gasteiger partial charge in [0.2, 0.25) is 0 Å². The van der Waals surface area contributed by atoms with Gasteiger partial charge < -0.3 is 14.9 Å². The van der Waals surface area contributed by atoms with Crippen LogP contribution in [-0.4, -0.2) is 35.5 Å². The molecule has 5 atom stereocenters. The van der Waals surface area contributed by atoms with E-state index in [-0.39, 0.29) is 23.9 Å². The first-order valence-electron chi connectivity index (χ1n) is 9.15. The van der Waals surface area contributed by atoms with Crippen LogP contribution in [0.3, 0.4) is 0 Å². The van der Waals surface area contributed by atoms with Gasteiger partial charge in [0.05, 0.1) is 12.7 Å². The maximum absolute atomic E-state index is 11.7. The minimum absolute atomic E-state index is 0.0189. The number of fused-ring (bicyclic) bond motifs is 1. The van der Waals surface area contributed by atoms with Crippen molar-refractivity contribution in [2.45, 2.75) is 58.5 Å². The van der Waals surface area contributed by atoms with E-state index in [9.17, 15) is 15.0 Å². The fourth-order valence-electron chi connectivity index (χ4n) is 5.63. The Kier molecular flexibility index (Phi) is 4.65. The normalized spacial score (nSPS) is 42.5. The summed E-state index contributed by atoms with van der Waals surface area (Å²) >= 11 is 0. The largest absolute Gasteiger partial charge is 0.458 e. The van der Waals surface area contributed by atoms with Crippen molar-refractivity contribution in [1.82, 2.24) is 0 Å². The first kappa shape index (κ1) is 17.7.